The highest BCUT2D eigenvalue weighted by molar-refractivity contribution is 5.79. The zero-order valence-electron chi connectivity index (χ0n) is 16.7. The van der Waals surface area contributed by atoms with Gasteiger partial charge in [-0.2, -0.15) is 0 Å². The molecular formula is C26H32. The van der Waals surface area contributed by atoms with E-state index in [1.807, 2.05) is 0 Å². The molecule has 2 saturated carbocycles. The lowest BCUT2D eigenvalue weighted by molar-refractivity contribution is 0.221. The van der Waals surface area contributed by atoms with Crippen molar-refractivity contribution < 1.29 is 0 Å². The van der Waals surface area contributed by atoms with Crippen molar-refractivity contribution in [3.8, 4) is 11.1 Å². The molecule has 26 heavy (non-hydrogen) atoms. The monoisotopic (exact) mass is 344 g/mol. The van der Waals surface area contributed by atoms with E-state index in [4.69, 9.17) is 0 Å². The molecule has 2 aromatic rings. The summed E-state index contributed by atoms with van der Waals surface area (Å²) in [5.74, 6) is 0.874. The van der Waals surface area contributed by atoms with Gasteiger partial charge in [0.1, 0.15) is 0 Å². The van der Waals surface area contributed by atoms with Crippen LogP contribution in [0.5, 0.6) is 0 Å². The van der Waals surface area contributed by atoms with Gasteiger partial charge in [0, 0.05) is 10.8 Å². The highest BCUT2D eigenvalue weighted by Gasteiger charge is 2.65. The number of benzene rings is 2. The third-order valence-electron chi connectivity index (χ3n) is 8.19. The summed E-state index contributed by atoms with van der Waals surface area (Å²) in [6, 6.07) is 14.6. The van der Waals surface area contributed by atoms with Gasteiger partial charge in [-0.3, -0.25) is 0 Å². The molecular weight excluding hydrogens is 312 g/mol. The molecule has 3 aliphatic rings. The average molecular weight is 345 g/mol. The smallest absolute Gasteiger partial charge is 0.00844 e. The highest BCUT2D eigenvalue weighted by Crippen LogP contribution is 2.71. The maximum atomic E-state index is 2.57. The van der Waals surface area contributed by atoms with Crippen LogP contribution in [-0.2, 0) is 10.8 Å². The normalized spacial score (nSPS) is 31.3. The molecule has 1 unspecified atom stereocenters. The Morgan fingerprint density at radius 1 is 0.885 bits per heavy atom. The number of fused-ring (bicyclic) bond motifs is 3. The minimum absolute atomic E-state index is 0.407. The second-order valence-electron chi connectivity index (χ2n) is 9.38. The summed E-state index contributed by atoms with van der Waals surface area (Å²) in [6.45, 7) is 6.92. The molecule has 3 aliphatic carbocycles. The van der Waals surface area contributed by atoms with Gasteiger partial charge in [-0.05, 0) is 74.1 Å². The Hall–Kier alpha value is -1.56. The van der Waals surface area contributed by atoms with Crippen molar-refractivity contribution in [1.82, 2.24) is 0 Å². The SMILES string of the molecule is CCCCC1CC[C@@]23CCC[C@@]12c1cc(C)ccc1-c1ccc(C)cc13. The molecule has 5 rings (SSSR count). The lowest BCUT2D eigenvalue weighted by Gasteiger charge is -2.50. The topological polar surface area (TPSA) is 0 Å². The molecule has 0 nitrogen and oxygen atoms in total. The predicted octanol–water partition coefficient (Wildman–Crippen LogP) is 7.24. The summed E-state index contributed by atoms with van der Waals surface area (Å²) in [7, 11) is 0. The number of hydrogen-bond donors (Lipinski definition) is 0. The van der Waals surface area contributed by atoms with E-state index >= 15 is 0 Å². The van der Waals surface area contributed by atoms with Crippen LogP contribution in [0, 0.1) is 19.8 Å². The van der Waals surface area contributed by atoms with Crippen molar-refractivity contribution in [2.75, 3.05) is 0 Å². The van der Waals surface area contributed by atoms with Crippen LogP contribution >= 0.6 is 0 Å². The number of rotatable bonds is 3. The molecule has 0 bridgehead atoms. The molecule has 0 amide bonds. The Morgan fingerprint density at radius 2 is 1.58 bits per heavy atom. The number of hydrogen-bond acceptors (Lipinski definition) is 0. The maximum Gasteiger partial charge on any atom is 0.00844 e. The van der Waals surface area contributed by atoms with Crippen LogP contribution in [0.2, 0.25) is 0 Å². The second kappa shape index (κ2) is 5.72. The first-order chi connectivity index (χ1) is 12.6. The van der Waals surface area contributed by atoms with E-state index in [9.17, 15) is 0 Å². The van der Waals surface area contributed by atoms with Crippen LogP contribution in [0.4, 0.5) is 0 Å². The molecule has 2 aromatic carbocycles. The van der Waals surface area contributed by atoms with Gasteiger partial charge < -0.3 is 0 Å². The summed E-state index contributed by atoms with van der Waals surface area (Å²) in [5, 5.41) is 0. The van der Waals surface area contributed by atoms with Crippen LogP contribution in [0.1, 0.15) is 80.5 Å². The molecule has 0 heterocycles. The molecule has 0 N–H and O–H groups in total. The van der Waals surface area contributed by atoms with Gasteiger partial charge in [-0.15, -0.1) is 0 Å². The lowest BCUT2D eigenvalue weighted by atomic mass is 9.52. The lowest BCUT2D eigenvalue weighted by Crippen LogP contribution is -2.47. The van der Waals surface area contributed by atoms with E-state index in [1.165, 1.54) is 62.5 Å². The number of aryl methyl sites for hydroxylation is 2. The molecule has 0 aromatic heterocycles. The highest BCUT2D eigenvalue weighted by atomic mass is 14.7. The third-order valence-corrected chi connectivity index (χ3v) is 8.19. The van der Waals surface area contributed by atoms with Gasteiger partial charge in [-0.1, -0.05) is 73.7 Å². The largest absolute Gasteiger partial charge is 0.0654 e. The van der Waals surface area contributed by atoms with E-state index in [-0.39, 0.29) is 0 Å². The van der Waals surface area contributed by atoms with Gasteiger partial charge >= 0.3 is 0 Å². The van der Waals surface area contributed by atoms with Crippen LogP contribution in [0.15, 0.2) is 36.4 Å². The summed E-state index contributed by atoms with van der Waals surface area (Å²) in [4.78, 5) is 0. The van der Waals surface area contributed by atoms with Crippen molar-refractivity contribution in [3.05, 3.63) is 58.7 Å². The number of unbranched alkanes of at least 4 members (excludes halogenated alkanes) is 1. The van der Waals surface area contributed by atoms with Crippen molar-refractivity contribution in [1.29, 1.82) is 0 Å². The van der Waals surface area contributed by atoms with E-state index in [0.29, 0.717) is 10.8 Å². The summed E-state index contributed by atoms with van der Waals surface area (Å²) >= 11 is 0. The quantitative estimate of drug-likeness (QED) is 0.550. The van der Waals surface area contributed by atoms with E-state index < -0.39 is 0 Å². The minimum Gasteiger partial charge on any atom is -0.0654 e. The zero-order chi connectivity index (χ0) is 17.9. The maximum absolute atomic E-state index is 2.57. The van der Waals surface area contributed by atoms with Gasteiger partial charge in [0.05, 0.1) is 0 Å². The Labute approximate surface area is 159 Å². The van der Waals surface area contributed by atoms with Crippen LogP contribution in [0.3, 0.4) is 0 Å². The van der Waals surface area contributed by atoms with Crippen LogP contribution in [0.25, 0.3) is 11.1 Å². The summed E-state index contributed by atoms with van der Waals surface area (Å²) < 4.78 is 0. The Kier molecular flexibility index (Phi) is 3.65. The molecule has 0 saturated heterocycles. The molecule has 2 fully saturated rings. The fourth-order valence-corrected chi connectivity index (χ4v) is 7.26. The first kappa shape index (κ1) is 16.6. The first-order valence-electron chi connectivity index (χ1n) is 10.8. The second-order valence-corrected chi connectivity index (χ2v) is 9.38. The van der Waals surface area contributed by atoms with Crippen LogP contribution < -0.4 is 0 Å². The van der Waals surface area contributed by atoms with E-state index in [1.54, 1.807) is 22.3 Å². The molecule has 0 aliphatic heterocycles. The Balaban J connectivity index is 1.82. The van der Waals surface area contributed by atoms with Crippen molar-refractivity contribution in [3.63, 3.8) is 0 Å². The average Bonchev–Trinajstić information content (AvgIpc) is 3.17. The fourth-order valence-electron chi connectivity index (χ4n) is 7.26. The van der Waals surface area contributed by atoms with Gasteiger partial charge in [0.15, 0.2) is 0 Å². The van der Waals surface area contributed by atoms with E-state index in [2.05, 4.69) is 57.2 Å². The minimum atomic E-state index is 0.407. The van der Waals surface area contributed by atoms with Crippen molar-refractivity contribution in [2.24, 2.45) is 5.92 Å². The predicted molar refractivity (Wildman–Crippen MR) is 111 cm³/mol. The first-order valence-corrected chi connectivity index (χ1v) is 10.8. The fraction of sp³-hybridized carbons (Fsp3) is 0.538. The third kappa shape index (κ3) is 1.91. The molecule has 0 heteroatoms. The standard InChI is InChI=1S/C26H32/c1-4-5-7-20-12-15-25-13-6-14-26(20,25)24-17-19(3)9-11-22(24)21-10-8-18(2)16-23(21)25/h8-11,16-17,20H,4-7,12-15H2,1-3H3/t20?,25-,26+/m1/s1. The molecule has 0 radical (unpaired) electrons. The Bertz CT molecular complexity index is 860. The van der Waals surface area contributed by atoms with Crippen LogP contribution in [-0.4, -0.2) is 0 Å². The van der Waals surface area contributed by atoms with Crippen molar-refractivity contribution in [2.45, 2.75) is 83.0 Å². The van der Waals surface area contributed by atoms with Crippen molar-refractivity contribution >= 4 is 0 Å². The Morgan fingerprint density at radius 3 is 2.31 bits per heavy atom. The van der Waals surface area contributed by atoms with E-state index in [0.717, 1.165) is 5.92 Å². The summed E-state index contributed by atoms with van der Waals surface area (Å²) in [5.41, 5.74) is 10.2. The zero-order valence-corrected chi connectivity index (χ0v) is 16.7. The molecule has 136 valence electrons. The van der Waals surface area contributed by atoms with Gasteiger partial charge in [-0.25, -0.2) is 0 Å². The molecule has 3 atom stereocenters. The summed E-state index contributed by atoms with van der Waals surface area (Å²) in [6.07, 6.45) is 11.2. The van der Waals surface area contributed by atoms with Gasteiger partial charge in [0.2, 0.25) is 0 Å². The molecule has 0 spiro atoms. The van der Waals surface area contributed by atoms with Gasteiger partial charge in [0.25, 0.3) is 0 Å².